The van der Waals surface area contributed by atoms with E-state index in [1.807, 2.05) is 6.92 Å². The molecule has 8 nitrogen and oxygen atoms in total. The van der Waals surface area contributed by atoms with Crippen molar-refractivity contribution in [2.75, 3.05) is 13.7 Å². The molecule has 2 aromatic carbocycles. The first kappa shape index (κ1) is 24.4. The number of nitrogens with one attached hydrogen (secondary N) is 2. The minimum Gasteiger partial charge on any atom is -0.493 e. The van der Waals surface area contributed by atoms with E-state index in [1.54, 1.807) is 19.1 Å². The number of methoxy groups -OCH3 is 1. The highest BCUT2D eigenvalue weighted by atomic mass is 35.5. The van der Waals surface area contributed by atoms with Gasteiger partial charge < -0.3 is 24.8 Å². The standard InChI is InChI=1S/C23H22Cl2N2O6/c1-4-16-19(22(29)32-5-2)20(27-23(30)26-16)12-6-9-17(18(10-12)31-3)33-21(28)14-8-7-13(24)11-15(14)25/h6-11,20H,4-5H2,1-3H3,(H2,26,27,30). The molecule has 0 fully saturated rings. The summed E-state index contributed by atoms with van der Waals surface area (Å²) in [7, 11) is 1.41. The predicted octanol–water partition coefficient (Wildman–Crippen LogP) is 4.80. The Morgan fingerprint density at radius 1 is 1.03 bits per heavy atom. The lowest BCUT2D eigenvalue weighted by atomic mass is 9.94. The lowest BCUT2D eigenvalue weighted by Gasteiger charge is -2.29. The van der Waals surface area contributed by atoms with E-state index in [4.69, 9.17) is 37.4 Å². The van der Waals surface area contributed by atoms with Gasteiger partial charge >= 0.3 is 18.0 Å². The van der Waals surface area contributed by atoms with Crippen molar-refractivity contribution < 1.29 is 28.6 Å². The summed E-state index contributed by atoms with van der Waals surface area (Å²) < 4.78 is 16.1. The maximum atomic E-state index is 12.6. The smallest absolute Gasteiger partial charge is 0.345 e. The average Bonchev–Trinajstić information content (AvgIpc) is 2.78. The van der Waals surface area contributed by atoms with Crippen LogP contribution in [0.3, 0.4) is 0 Å². The Bertz CT molecular complexity index is 1130. The topological polar surface area (TPSA) is 103 Å². The van der Waals surface area contributed by atoms with Crippen LogP contribution in [0.4, 0.5) is 4.79 Å². The highest BCUT2D eigenvalue weighted by Gasteiger charge is 2.33. The van der Waals surface area contributed by atoms with E-state index < -0.39 is 24.0 Å². The third-order valence-electron chi connectivity index (χ3n) is 4.88. The molecule has 2 aromatic rings. The number of hydrogen-bond donors (Lipinski definition) is 2. The number of hydrogen-bond acceptors (Lipinski definition) is 6. The molecule has 174 valence electrons. The molecule has 0 spiro atoms. The first-order valence-corrected chi connectivity index (χ1v) is 10.9. The summed E-state index contributed by atoms with van der Waals surface area (Å²) in [6.45, 7) is 3.71. The summed E-state index contributed by atoms with van der Waals surface area (Å²) in [6, 6.07) is 7.91. The summed E-state index contributed by atoms with van der Waals surface area (Å²) in [6.07, 6.45) is 0.423. The Labute approximate surface area is 200 Å². The van der Waals surface area contributed by atoms with E-state index in [-0.39, 0.29) is 28.7 Å². The fourth-order valence-electron chi connectivity index (χ4n) is 3.35. The molecular formula is C23H22Cl2N2O6. The van der Waals surface area contributed by atoms with Crippen LogP contribution < -0.4 is 20.1 Å². The number of benzene rings is 2. The normalized spacial score (nSPS) is 15.4. The molecule has 0 aromatic heterocycles. The molecule has 33 heavy (non-hydrogen) atoms. The molecule has 0 saturated carbocycles. The van der Waals surface area contributed by atoms with Gasteiger partial charge in [0.1, 0.15) is 0 Å². The molecule has 0 bridgehead atoms. The first-order chi connectivity index (χ1) is 15.8. The third-order valence-corrected chi connectivity index (χ3v) is 5.43. The molecule has 10 heteroatoms. The molecule has 1 heterocycles. The van der Waals surface area contributed by atoms with Gasteiger partial charge in [0.15, 0.2) is 11.5 Å². The van der Waals surface area contributed by atoms with E-state index in [1.165, 1.54) is 31.4 Å². The van der Waals surface area contributed by atoms with E-state index in [0.717, 1.165) is 0 Å². The van der Waals surface area contributed by atoms with Crippen LogP contribution in [0.25, 0.3) is 0 Å². The van der Waals surface area contributed by atoms with Gasteiger partial charge in [-0.05, 0) is 49.2 Å². The summed E-state index contributed by atoms with van der Waals surface area (Å²) in [5.74, 6) is -0.883. The van der Waals surface area contributed by atoms with Crippen LogP contribution >= 0.6 is 23.2 Å². The van der Waals surface area contributed by atoms with E-state index in [0.29, 0.717) is 28.3 Å². The Morgan fingerprint density at radius 3 is 2.42 bits per heavy atom. The van der Waals surface area contributed by atoms with Gasteiger partial charge in [0.25, 0.3) is 0 Å². The molecule has 1 atom stereocenters. The zero-order valence-corrected chi connectivity index (χ0v) is 19.7. The van der Waals surface area contributed by atoms with Crippen molar-refractivity contribution in [3.05, 3.63) is 68.8 Å². The van der Waals surface area contributed by atoms with Gasteiger partial charge in [-0.1, -0.05) is 36.2 Å². The molecule has 1 unspecified atom stereocenters. The Kier molecular flexibility index (Phi) is 7.84. The van der Waals surface area contributed by atoms with Crippen molar-refractivity contribution in [2.45, 2.75) is 26.3 Å². The Morgan fingerprint density at radius 2 is 1.79 bits per heavy atom. The van der Waals surface area contributed by atoms with Crippen LogP contribution in [0.2, 0.25) is 10.0 Å². The predicted molar refractivity (Wildman–Crippen MR) is 123 cm³/mol. The minimum absolute atomic E-state index is 0.134. The molecule has 0 radical (unpaired) electrons. The minimum atomic E-state index is -0.780. The van der Waals surface area contributed by atoms with Gasteiger partial charge in [0, 0.05) is 10.7 Å². The van der Waals surface area contributed by atoms with Crippen molar-refractivity contribution in [1.29, 1.82) is 0 Å². The number of allylic oxidation sites excluding steroid dienone is 1. The maximum Gasteiger partial charge on any atom is 0.345 e. The number of carbonyl (C=O) groups excluding carboxylic acids is 3. The fraction of sp³-hybridized carbons (Fsp3) is 0.261. The first-order valence-electron chi connectivity index (χ1n) is 10.1. The van der Waals surface area contributed by atoms with E-state index >= 15 is 0 Å². The molecule has 2 amide bonds. The lowest BCUT2D eigenvalue weighted by molar-refractivity contribution is -0.139. The van der Waals surface area contributed by atoms with E-state index in [2.05, 4.69) is 10.6 Å². The summed E-state index contributed by atoms with van der Waals surface area (Å²) in [5.41, 5.74) is 1.44. The maximum absolute atomic E-state index is 12.6. The quantitative estimate of drug-likeness (QED) is 0.424. The second-order valence-corrected chi connectivity index (χ2v) is 7.77. The number of carbonyl (C=O) groups is 3. The highest BCUT2D eigenvalue weighted by molar-refractivity contribution is 6.36. The van der Waals surface area contributed by atoms with Crippen LogP contribution in [0, 0.1) is 0 Å². The van der Waals surface area contributed by atoms with Crippen molar-refractivity contribution in [2.24, 2.45) is 0 Å². The van der Waals surface area contributed by atoms with Gasteiger partial charge in [-0.3, -0.25) is 0 Å². The molecule has 1 aliphatic rings. The molecule has 1 aliphatic heterocycles. The number of esters is 2. The summed E-state index contributed by atoms with van der Waals surface area (Å²) in [4.78, 5) is 37.4. The van der Waals surface area contributed by atoms with Crippen LogP contribution in [0.1, 0.15) is 42.2 Å². The largest absolute Gasteiger partial charge is 0.493 e. The number of rotatable bonds is 7. The number of halogens is 2. The Hall–Kier alpha value is -3.23. The monoisotopic (exact) mass is 492 g/mol. The van der Waals surface area contributed by atoms with Crippen molar-refractivity contribution in [3.8, 4) is 11.5 Å². The van der Waals surface area contributed by atoms with Crippen LogP contribution in [0.15, 0.2) is 47.7 Å². The van der Waals surface area contributed by atoms with Crippen LogP contribution in [-0.2, 0) is 9.53 Å². The second kappa shape index (κ2) is 10.6. The SMILES string of the molecule is CCOC(=O)C1=C(CC)NC(=O)NC1c1ccc(OC(=O)c2ccc(Cl)cc2Cl)c(OC)c1. The van der Waals surface area contributed by atoms with Crippen molar-refractivity contribution in [3.63, 3.8) is 0 Å². The van der Waals surface area contributed by atoms with Gasteiger partial charge in [-0.25, -0.2) is 14.4 Å². The van der Waals surface area contributed by atoms with Gasteiger partial charge in [-0.15, -0.1) is 0 Å². The lowest BCUT2D eigenvalue weighted by Crippen LogP contribution is -2.45. The zero-order chi connectivity index (χ0) is 24.1. The molecular weight excluding hydrogens is 471 g/mol. The van der Waals surface area contributed by atoms with Crippen LogP contribution in [-0.4, -0.2) is 31.7 Å². The molecule has 2 N–H and O–H groups in total. The second-order valence-electron chi connectivity index (χ2n) is 6.92. The van der Waals surface area contributed by atoms with Crippen LogP contribution in [0.5, 0.6) is 11.5 Å². The zero-order valence-electron chi connectivity index (χ0n) is 18.2. The number of urea groups is 1. The highest BCUT2D eigenvalue weighted by Crippen LogP contribution is 2.35. The fourth-order valence-corrected chi connectivity index (χ4v) is 3.84. The van der Waals surface area contributed by atoms with Crippen molar-refractivity contribution in [1.82, 2.24) is 10.6 Å². The molecule has 0 saturated heterocycles. The number of ether oxygens (including phenoxy) is 3. The van der Waals surface area contributed by atoms with Gasteiger partial charge in [0.2, 0.25) is 0 Å². The van der Waals surface area contributed by atoms with E-state index in [9.17, 15) is 14.4 Å². The average molecular weight is 493 g/mol. The Balaban J connectivity index is 1.95. The summed E-state index contributed by atoms with van der Waals surface area (Å²) in [5, 5.41) is 5.93. The van der Waals surface area contributed by atoms with Gasteiger partial charge in [0.05, 0.1) is 35.9 Å². The summed E-state index contributed by atoms with van der Waals surface area (Å²) >= 11 is 12.0. The van der Waals surface area contributed by atoms with Gasteiger partial charge in [-0.2, -0.15) is 0 Å². The van der Waals surface area contributed by atoms with Crippen molar-refractivity contribution >= 4 is 41.2 Å². The molecule has 0 aliphatic carbocycles. The number of amides is 2. The molecule has 3 rings (SSSR count). The third kappa shape index (κ3) is 5.40.